The summed E-state index contributed by atoms with van der Waals surface area (Å²) >= 11 is 0. The molecule has 1 saturated heterocycles. The van der Waals surface area contributed by atoms with E-state index in [2.05, 4.69) is 9.64 Å². The molecular formula is C18H21FN2O5S. The van der Waals surface area contributed by atoms with Crippen LogP contribution in [-0.4, -0.2) is 56.9 Å². The van der Waals surface area contributed by atoms with Crippen molar-refractivity contribution < 1.29 is 26.8 Å². The monoisotopic (exact) mass is 396 g/mol. The summed E-state index contributed by atoms with van der Waals surface area (Å²) < 4.78 is 50.2. The zero-order chi connectivity index (χ0) is 19.6. The van der Waals surface area contributed by atoms with Crippen molar-refractivity contribution in [3.8, 4) is 0 Å². The molecule has 0 aliphatic carbocycles. The van der Waals surface area contributed by atoms with Gasteiger partial charge in [-0.15, -0.1) is 0 Å². The van der Waals surface area contributed by atoms with Crippen LogP contribution in [0.3, 0.4) is 0 Å². The molecule has 0 N–H and O–H groups in total. The number of carbonyl (C=O) groups is 1. The van der Waals surface area contributed by atoms with Crippen molar-refractivity contribution in [2.75, 3.05) is 33.3 Å². The summed E-state index contributed by atoms with van der Waals surface area (Å²) in [5.74, 6) is -0.384. The van der Waals surface area contributed by atoms with Gasteiger partial charge < -0.3 is 9.15 Å². The molecule has 0 amide bonds. The standard InChI is InChI=1S/C18H21FN2O5S/c1-13(16-6-7-17(26-16)18(22)25-2)20-8-10-21(11-9-20)27(23,24)15-5-3-4-14(19)12-15/h3-7,12-13H,8-11H2,1-2H3. The van der Waals surface area contributed by atoms with Gasteiger partial charge in [-0.25, -0.2) is 17.6 Å². The minimum absolute atomic E-state index is 0.0437. The molecule has 0 saturated carbocycles. The minimum Gasteiger partial charge on any atom is -0.463 e. The van der Waals surface area contributed by atoms with Crippen LogP contribution >= 0.6 is 0 Å². The Bertz CT molecular complexity index is 919. The molecule has 1 fully saturated rings. The van der Waals surface area contributed by atoms with Crippen LogP contribution in [0, 0.1) is 5.82 Å². The van der Waals surface area contributed by atoms with Crippen molar-refractivity contribution in [1.82, 2.24) is 9.21 Å². The Kier molecular flexibility index (Phi) is 5.64. The van der Waals surface area contributed by atoms with Crippen molar-refractivity contribution in [1.29, 1.82) is 0 Å². The summed E-state index contributed by atoms with van der Waals surface area (Å²) in [5.41, 5.74) is 0. The molecule has 9 heteroatoms. The van der Waals surface area contributed by atoms with Gasteiger partial charge in [-0.2, -0.15) is 4.31 Å². The first kappa shape index (κ1) is 19.5. The van der Waals surface area contributed by atoms with Crippen molar-refractivity contribution in [3.05, 3.63) is 53.7 Å². The Morgan fingerprint density at radius 3 is 2.52 bits per heavy atom. The van der Waals surface area contributed by atoms with Gasteiger partial charge in [-0.3, -0.25) is 4.90 Å². The third-order valence-corrected chi connectivity index (χ3v) is 6.57. The lowest BCUT2D eigenvalue weighted by atomic mass is 10.2. The molecule has 0 spiro atoms. The van der Waals surface area contributed by atoms with E-state index in [0.29, 0.717) is 18.8 Å². The van der Waals surface area contributed by atoms with Crippen molar-refractivity contribution >= 4 is 16.0 Å². The molecule has 2 aromatic rings. The summed E-state index contributed by atoms with van der Waals surface area (Å²) in [5, 5.41) is 0. The van der Waals surface area contributed by atoms with Crippen LogP contribution in [0.2, 0.25) is 0 Å². The summed E-state index contributed by atoms with van der Waals surface area (Å²) in [4.78, 5) is 13.5. The fourth-order valence-electron chi connectivity index (χ4n) is 3.08. The zero-order valence-electron chi connectivity index (χ0n) is 15.1. The van der Waals surface area contributed by atoms with E-state index in [1.54, 1.807) is 12.1 Å². The molecule has 1 aliphatic rings. The second-order valence-electron chi connectivity index (χ2n) is 6.27. The van der Waals surface area contributed by atoms with Gasteiger partial charge in [0.1, 0.15) is 11.6 Å². The number of carbonyl (C=O) groups excluding carboxylic acids is 1. The number of halogens is 1. The van der Waals surface area contributed by atoms with Crippen molar-refractivity contribution in [3.63, 3.8) is 0 Å². The zero-order valence-corrected chi connectivity index (χ0v) is 15.9. The molecule has 7 nitrogen and oxygen atoms in total. The number of piperazine rings is 1. The largest absolute Gasteiger partial charge is 0.463 e. The minimum atomic E-state index is -3.73. The summed E-state index contributed by atoms with van der Waals surface area (Å²) in [6.45, 7) is 3.48. The predicted molar refractivity (Wildman–Crippen MR) is 95.2 cm³/mol. The molecule has 146 valence electrons. The van der Waals surface area contributed by atoms with Crippen LogP contribution in [0.15, 0.2) is 45.7 Å². The molecule has 27 heavy (non-hydrogen) atoms. The van der Waals surface area contributed by atoms with E-state index in [0.717, 1.165) is 6.07 Å². The number of hydrogen-bond donors (Lipinski definition) is 0. The number of methoxy groups -OCH3 is 1. The first-order valence-electron chi connectivity index (χ1n) is 8.50. The molecule has 1 atom stereocenters. The number of furan rings is 1. The molecule has 1 aromatic heterocycles. The SMILES string of the molecule is COC(=O)c1ccc(C(C)N2CCN(S(=O)(=O)c3cccc(F)c3)CC2)o1. The third kappa shape index (κ3) is 4.05. The van der Waals surface area contributed by atoms with Crippen molar-refractivity contribution in [2.24, 2.45) is 0 Å². The van der Waals surface area contributed by atoms with Crippen LogP contribution in [-0.2, 0) is 14.8 Å². The summed E-state index contributed by atoms with van der Waals surface area (Å²) in [6.07, 6.45) is 0. The number of nitrogens with zero attached hydrogens (tertiary/aromatic N) is 2. The Labute approximate surface area is 157 Å². The molecule has 2 heterocycles. The number of benzene rings is 1. The van der Waals surface area contributed by atoms with E-state index in [-0.39, 0.29) is 29.8 Å². The highest BCUT2D eigenvalue weighted by molar-refractivity contribution is 7.89. The molecule has 1 unspecified atom stereocenters. The third-order valence-electron chi connectivity index (χ3n) is 4.68. The van der Waals surface area contributed by atoms with E-state index in [9.17, 15) is 17.6 Å². The van der Waals surface area contributed by atoms with Crippen LogP contribution in [0.25, 0.3) is 0 Å². The lowest BCUT2D eigenvalue weighted by Crippen LogP contribution is -2.49. The Morgan fingerprint density at radius 2 is 1.89 bits per heavy atom. The second kappa shape index (κ2) is 7.79. The first-order valence-corrected chi connectivity index (χ1v) is 9.95. The average Bonchev–Trinajstić information content (AvgIpc) is 3.17. The lowest BCUT2D eigenvalue weighted by Gasteiger charge is -2.36. The first-order chi connectivity index (χ1) is 12.8. The normalized spacial score (nSPS) is 17.6. The van der Waals surface area contributed by atoms with E-state index in [1.165, 1.54) is 29.6 Å². The fourth-order valence-corrected chi connectivity index (χ4v) is 4.53. The number of sulfonamides is 1. The molecular weight excluding hydrogens is 375 g/mol. The van der Waals surface area contributed by atoms with Crippen LogP contribution in [0.1, 0.15) is 29.3 Å². The Hall–Kier alpha value is -2.23. The van der Waals surface area contributed by atoms with E-state index < -0.39 is 21.8 Å². The highest BCUT2D eigenvalue weighted by atomic mass is 32.2. The van der Waals surface area contributed by atoms with Crippen LogP contribution in [0.5, 0.6) is 0 Å². The van der Waals surface area contributed by atoms with Gasteiger partial charge in [0.25, 0.3) is 0 Å². The van der Waals surface area contributed by atoms with Gasteiger partial charge in [-0.05, 0) is 37.3 Å². The maximum atomic E-state index is 13.4. The van der Waals surface area contributed by atoms with Gasteiger partial charge in [0.05, 0.1) is 18.0 Å². The maximum Gasteiger partial charge on any atom is 0.373 e. The summed E-state index contributed by atoms with van der Waals surface area (Å²) in [6, 6.07) is 8.17. The number of ether oxygens (including phenoxy) is 1. The van der Waals surface area contributed by atoms with E-state index >= 15 is 0 Å². The van der Waals surface area contributed by atoms with E-state index in [4.69, 9.17) is 4.42 Å². The quantitative estimate of drug-likeness (QED) is 0.722. The number of rotatable bonds is 5. The maximum absolute atomic E-state index is 13.4. The number of esters is 1. The van der Waals surface area contributed by atoms with Crippen LogP contribution < -0.4 is 0 Å². The van der Waals surface area contributed by atoms with Gasteiger partial charge >= 0.3 is 5.97 Å². The van der Waals surface area contributed by atoms with Gasteiger partial charge in [0.2, 0.25) is 15.8 Å². The van der Waals surface area contributed by atoms with Crippen LogP contribution in [0.4, 0.5) is 4.39 Å². The highest BCUT2D eigenvalue weighted by Gasteiger charge is 2.31. The van der Waals surface area contributed by atoms with Crippen molar-refractivity contribution in [2.45, 2.75) is 17.9 Å². The average molecular weight is 396 g/mol. The lowest BCUT2D eigenvalue weighted by molar-refractivity contribution is 0.0556. The Balaban J connectivity index is 1.66. The molecule has 0 radical (unpaired) electrons. The molecule has 1 aliphatic heterocycles. The molecule has 3 rings (SSSR count). The van der Waals surface area contributed by atoms with Gasteiger partial charge in [-0.1, -0.05) is 6.07 Å². The molecule has 0 bridgehead atoms. The van der Waals surface area contributed by atoms with Gasteiger partial charge in [0.15, 0.2) is 0 Å². The second-order valence-corrected chi connectivity index (χ2v) is 8.20. The fraction of sp³-hybridized carbons (Fsp3) is 0.389. The topological polar surface area (TPSA) is 80.1 Å². The number of hydrogen-bond acceptors (Lipinski definition) is 6. The predicted octanol–water partition coefficient (Wildman–Crippen LogP) is 2.27. The summed E-state index contributed by atoms with van der Waals surface area (Å²) in [7, 11) is -2.44. The Morgan fingerprint density at radius 1 is 1.19 bits per heavy atom. The van der Waals surface area contributed by atoms with E-state index in [1.807, 2.05) is 6.92 Å². The highest BCUT2D eigenvalue weighted by Crippen LogP contribution is 2.26. The molecule has 1 aromatic carbocycles. The smallest absolute Gasteiger partial charge is 0.373 e. The van der Waals surface area contributed by atoms with Gasteiger partial charge in [0, 0.05) is 26.2 Å².